The molecular weight excluding hydrogens is 211 g/mol. The van der Waals surface area contributed by atoms with Gasteiger partial charge in [0.25, 0.3) is 5.91 Å². The lowest BCUT2D eigenvalue weighted by molar-refractivity contribution is 0.0691. The number of hydrogen-bond donors (Lipinski definition) is 2. The molecule has 0 aliphatic rings. The zero-order valence-corrected chi connectivity index (χ0v) is 7.93. The van der Waals surface area contributed by atoms with Crippen molar-refractivity contribution >= 4 is 36.3 Å². The van der Waals surface area contributed by atoms with Crippen molar-refractivity contribution < 1.29 is 19.1 Å². The second-order valence-electron chi connectivity index (χ2n) is 3.09. The van der Waals surface area contributed by atoms with E-state index in [0.29, 0.717) is 5.39 Å². The van der Waals surface area contributed by atoms with Gasteiger partial charge in [-0.05, 0) is 17.7 Å². The van der Waals surface area contributed by atoms with Gasteiger partial charge in [-0.15, -0.1) is 0 Å². The van der Waals surface area contributed by atoms with E-state index in [1.54, 1.807) is 0 Å². The Morgan fingerprint density at radius 3 is 2.69 bits per heavy atom. The molecule has 0 bridgehead atoms. The summed E-state index contributed by atoms with van der Waals surface area (Å²) in [5.74, 6) is -2.21. The highest BCUT2D eigenvalue weighted by molar-refractivity contribution is 6.32. The number of amides is 1. The van der Waals surface area contributed by atoms with Gasteiger partial charge in [0, 0.05) is 5.39 Å². The van der Waals surface area contributed by atoms with Gasteiger partial charge in [-0.3, -0.25) is 9.78 Å². The number of carboxylic acids is 1. The zero-order chi connectivity index (χ0) is 11.9. The molecular formula is C9H5BN2O4. The molecule has 2 heterocycles. The van der Waals surface area contributed by atoms with Gasteiger partial charge in [0.2, 0.25) is 0 Å². The number of aromatic nitrogens is 1. The van der Waals surface area contributed by atoms with Gasteiger partial charge in [0.1, 0.15) is 7.85 Å². The number of carbonyl (C=O) groups excluding carboxylic acids is 1. The highest BCUT2D eigenvalue weighted by Gasteiger charge is 2.17. The highest BCUT2D eigenvalue weighted by Crippen LogP contribution is 2.20. The summed E-state index contributed by atoms with van der Waals surface area (Å²) in [5.41, 5.74) is 4.68. The number of carbonyl (C=O) groups is 2. The molecule has 0 aromatic carbocycles. The molecule has 0 aliphatic carbocycles. The number of nitrogens with zero attached hydrogens (tertiary/aromatic N) is 1. The van der Waals surface area contributed by atoms with Crippen molar-refractivity contribution in [1.82, 2.24) is 4.98 Å². The first-order valence-electron chi connectivity index (χ1n) is 4.22. The molecule has 2 aromatic heterocycles. The summed E-state index contributed by atoms with van der Waals surface area (Å²) in [5, 5.41) is 9.23. The molecule has 0 spiro atoms. The van der Waals surface area contributed by atoms with Crippen LogP contribution in [0.15, 0.2) is 16.5 Å². The van der Waals surface area contributed by atoms with Crippen molar-refractivity contribution in [3.05, 3.63) is 23.6 Å². The lowest BCUT2D eigenvalue weighted by Gasteiger charge is -1.97. The molecule has 1 amide bonds. The predicted molar refractivity (Wildman–Crippen MR) is 54.9 cm³/mol. The van der Waals surface area contributed by atoms with Crippen molar-refractivity contribution in [2.24, 2.45) is 5.73 Å². The molecule has 0 atom stereocenters. The third-order valence-corrected chi connectivity index (χ3v) is 1.97. The normalized spacial score (nSPS) is 10.5. The van der Waals surface area contributed by atoms with Crippen LogP contribution < -0.4 is 11.3 Å². The maximum atomic E-state index is 10.9. The average molecular weight is 216 g/mol. The fourth-order valence-electron chi connectivity index (χ4n) is 1.34. The van der Waals surface area contributed by atoms with Crippen molar-refractivity contribution in [2.75, 3.05) is 0 Å². The fraction of sp³-hybridized carbons (Fsp3) is 0. The number of nitrogens with two attached hydrogens (primary N) is 1. The lowest BCUT2D eigenvalue weighted by atomic mass is 10.0. The van der Waals surface area contributed by atoms with Gasteiger partial charge < -0.3 is 15.3 Å². The van der Waals surface area contributed by atoms with E-state index in [1.807, 2.05) is 0 Å². The van der Waals surface area contributed by atoms with E-state index in [4.69, 9.17) is 23.1 Å². The van der Waals surface area contributed by atoms with Gasteiger partial charge in [-0.25, -0.2) is 4.79 Å². The van der Waals surface area contributed by atoms with Crippen molar-refractivity contribution in [3.63, 3.8) is 0 Å². The maximum Gasteiger partial charge on any atom is 0.358 e. The summed E-state index contributed by atoms with van der Waals surface area (Å²) in [6, 6.07) is 2.72. The summed E-state index contributed by atoms with van der Waals surface area (Å²) < 4.78 is 5.00. The average Bonchev–Trinajstić information content (AvgIpc) is 2.59. The molecule has 0 unspecified atom stereocenters. The molecule has 2 radical (unpaired) electrons. The Labute approximate surface area is 90.5 Å². The summed E-state index contributed by atoms with van der Waals surface area (Å²) >= 11 is 0. The Kier molecular flexibility index (Phi) is 2.15. The monoisotopic (exact) mass is 216 g/mol. The van der Waals surface area contributed by atoms with E-state index < -0.39 is 11.9 Å². The van der Waals surface area contributed by atoms with Crippen LogP contribution in [0, 0.1) is 0 Å². The van der Waals surface area contributed by atoms with Crippen LogP contribution in [0.4, 0.5) is 0 Å². The highest BCUT2D eigenvalue weighted by atomic mass is 16.4. The Balaban J connectivity index is 2.80. The van der Waals surface area contributed by atoms with Crippen LogP contribution in [0.1, 0.15) is 21.0 Å². The van der Waals surface area contributed by atoms with E-state index in [1.165, 1.54) is 12.1 Å². The second kappa shape index (κ2) is 3.37. The number of pyridine rings is 1. The number of rotatable bonds is 2. The molecule has 0 aliphatic heterocycles. The largest absolute Gasteiger partial charge is 0.476 e. The predicted octanol–water partition coefficient (Wildman–Crippen LogP) is -0.581. The second-order valence-corrected chi connectivity index (χ2v) is 3.09. The smallest absolute Gasteiger partial charge is 0.358 e. The minimum atomic E-state index is -1.29. The van der Waals surface area contributed by atoms with Crippen LogP contribution in [-0.4, -0.2) is 29.8 Å². The maximum absolute atomic E-state index is 10.9. The number of aromatic carboxylic acids is 1. The fourth-order valence-corrected chi connectivity index (χ4v) is 1.34. The Hall–Kier alpha value is -2.31. The van der Waals surface area contributed by atoms with Gasteiger partial charge in [-0.2, -0.15) is 0 Å². The van der Waals surface area contributed by atoms with E-state index in [9.17, 15) is 9.59 Å². The van der Waals surface area contributed by atoms with Crippen molar-refractivity contribution in [1.29, 1.82) is 0 Å². The van der Waals surface area contributed by atoms with Crippen LogP contribution >= 0.6 is 0 Å². The van der Waals surface area contributed by atoms with E-state index in [2.05, 4.69) is 4.98 Å². The molecule has 6 nitrogen and oxygen atoms in total. The van der Waals surface area contributed by atoms with E-state index in [0.717, 1.165) is 0 Å². The van der Waals surface area contributed by atoms with E-state index in [-0.39, 0.29) is 22.6 Å². The first-order chi connectivity index (χ1) is 7.49. The third kappa shape index (κ3) is 1.52. The summed E-state index contributed by atoms with van der Waals surface area (Å²) in [6.07, 6.45) is 0. The molecule has 0 saturated carbocycles. The zero-order valence-electron chi connectivity index (χ0n) is 7.93. The molecule has 78 valence electrons. The first-order valence-corrected chi connectivity index (χ1v) is 4.22. The molecule has 16 heavy (non-hydrogen) atoms. The van der Waals surface area contributed by atoms with E-state index >= 15 is 0 Å². The topological polar surface area (TPSA) is 106 Å². The number of furan rings is 1. The molecule has 0 saturated heterocycles. The van der Waals surface area contributed by atoms with Crippen molar-refractivity contribution in [2.45, 2.75) is 0 Å². The molecule has 0 fully saturated rings. The Morgan fingerprint density at radius 2 is 2.12 bits per heavy atom. The minimum Gasteiger partial charge on any atom is -0.476 e. The Bertz CT molecular complexity index is 605. The lowest BCUT2D eigenvalue weighted by Crippen LogP contribution is -2.13. The molecule has 2 rings (SSSR count). The number of hydrogen-bond acceptors (Lipinski definition) is 4. The van der Waals surface area contributed by atoms with Crippen LogP contribution in [0.2, 0.25) is 0 Å². The third-order valence-electron chi connectivity index (χ3n) is 1.97. The van der Waals surface area contributed by atoms with Crippen LogP contribution in [0.5, 0.6) is 0 Å². The first kappa shape index (κ1) is 10.2. The summed E-state index contributed by atoms with van der Waals surface area (Å²) in [6.45, 7) is 0. The Morgan fingerprint density at radius 1 is 1.44 bits per heavy atom. The van der Waals surface area contributed by atoms with Gasteiger partial charge in [-0.1, -0.05) is 0 Å². The van der Waals surface area contributed by atoms with Crippen LogP contribution in [0.3, 0.4) is 0 Å². The van der Waals surface area contributed by atoms with Gasteiger partial charge >= 0.3 is 5.97 Å². The number of primary amides is 1. The standard InChI is InChI=1S/C9H5BN2O4/c10-5-2-3-1-4(8(11)13)16-7(3)6(12-5)9(14)15/h1-2H,(H2,11,13)(H,14,15). The molecule has 3 N–H and O–H groups in total. The molecule has 7 heteroatoms. The van der Waals surface area contributed by atoms with Crippen molar-refractivity contribution in [3.8, 4) is 0 Å². The van der Waals surface area contributed by atoms with Gasteiger partial charge in [0.15, 0.2) is 17.0 Å². The summed E-state index contributed by atoms with van der Waals surface area (Å²) in [4.78, 5) is 25.3. The minimum absolute atomic E-state index is 0.0181. The molecule has 2 aromatic rings. The van der Waals surface area contributed by atoms with Crippen LogP contribution in [0.25, 0.3) is 11.0 Å². The number of carboxylic acid groups (broad SMARTS) is 1. The summed E-state index contributed by atoms with van der Waals surface area (Å²) in [7, 11) is 5.42. The SMILES string of the molecule is [B]c1cc2cc(C(N)=O)oc2c(C(=O)O)n1. The van der Waals surface area contributed by atoms with Crippen LogP contribution in [-0.2, 0) is 0 Å². The number of fused-ring (bicyclic) bond motifs is 1. The van der Waals surface area contributed by atoms with Gasteiger partial charge in [0.05, 0.1) is 0 Å². The quantitative estimate of drug-likeness (QED) is 0.653.